The first-order chi connectivity index (χ1) is 47.0. The molecular formula is C63H104N18O19. The van der Waals surface area contributed by atoms with Gasteiger partial charge in [0.25, 0.3) is 0 Å². The fourth-order valence-electron chi connectivity index (χ4n) is 10.1. The van der Waals surface area contributed by atoms with Crippen LogP contribution < -0.4 is 87.2 Å². The molecule has 0 fully saturated rings. The van der Waals surface area contributed by atoms with Gasteiger partial charge in [-0.3, -0.25) is 67.3 Å². The van der Waals surface area contributed by atoms with Crippen molar-refractivity contribution < 1.29 is 92.7 Å². The van der Waals surface area contributed by atoms with Crippen molar-refractivity contribution in [2.45, 2.75) is 199 Å². The summed E-state index contributed by atoms with van der Waals surface area (Å²) in [7, 11) is 0. The first-order valence-electron chi connectivity index (χ1n) is 33.0. The van der Waals surface area contributed by atoms with Gasteiger partial charge < -0.3 is 118 Å². The maximum atomic E-state index is 14.7. The topological polar surface area (TPSA) is 631 Å². The quantitative estimate of drug-likeness (QED) is 0.0167. The van der Waals surface area contributed by atoms with Gasteiger partial charge in [0.1, 0.15) is 72.5 Å². The molecule has 1 aromatic heterocycles. The number of hydrogen-bond donors (Lipinski definition) is 22. The van der Waals surface area contributed by atoms with Gasteiger partial charge in [0, 0.05) is 30.1 Å². The molecule has 0 aliphatic heterocycles. The number of aliphatic hydroxyl groups excluding tert-OH is 3. The zero-order chi connectivity index (χ0) is 75.7. The number of rotatable bonds is 47. The van der Waals surface area contributed by atoms with Gasteiger partial charge in [0.05, 0.1) is 32.7 Å². The number of nitrogens with one attached hydrogen (secondary N) is 12. The summed E-state index contributed by atoms with van der Waals surface area (Å²) in [5.74, 6) is -17.8. The number of carboxylic acids is 2. The molecule has 12 amide bonds. The van der Waals surface area contributed by atoms with E-state index in [9.17, 15) is 92.7 Å². The van der Waals surface area contributed by atoms with E-state index < -0.39 is 200 Å². The van der Waals surface area contributed by atoms with Crippen molar-refractivity contribution in [3.8, 4) is 0 Å². The molecule has 0 unspecified atom stereocenters. The summed E-state index contributed by atoms with van der Waals surface area (Å²) in [5.41, 5.74) is 28.7. The van der Waals surface area contributed by atoms with Crippen molar-refractivity contribution in [3.63, 3.8) is 0 Å². The number of nitrogens with two attached hydrogens (primary N) is 5. The van der Waals surface area contributed by atoms with Crippen LogP contribution in [0.3, 0.4) is 0 Å². The van der Waals surface area contributed by atoms with E-state index in [1.807, 2.05) is 5.32 Å². The van der Waals surface area contributed by atoms with Crippen molar-refractivity contribution in [1.82, 2.24) is 63.5 Å². The summed E-state index contributed by atoms with van der Waals surface area (Å²) in [4.78, 5) is 196. The Kier molecular flexibility index (Phi) is 37.8. The van der Waals surface area contributed by atoms with Crippen molar-refractivity contribution in [1.29, 1.82) is 0 Å². The molecule has 2 rings (SSSR count). The molecule has 0 aliphatic carbocycles. The van der Waals surface area contributed by atoms with Crippen LogP contribution >= 0.6 is 0 Å². The lowest BCUT2D eigenvalue weighted by Crippen LogP contribution is -2.62. The Morgan fingerprint density at radius 1 is 0.490 bits per heavy atom. The fraction of sp³-hybridized carbons (Fsp3) is 0.635. The standard InChI is InChI=1S/C63H104N18O19/c1-9-33(8)50(62(99)100)81-53(90)39(18-14-20-69-63(67)68)72-55(92)41(22-31(4)5)75-60(97)46(29-84)79-61(98)49(32(6)7)80-52(89)38(17-12-13-19-64)71-54(91)40(21-30(2)3)74-56(93)42(23-34-26-70-37-16-11-10-15-35(34)37)76-59(96)45(28-83)78-57(94)43(24-47(66)85)77-58(95)44(25-48(86)87)73-51(88)36(65)27-82/h10-11,15-16,26,30-33,36,38-46,49-50,70,82-84H,9,12-14,17-25,27-29,64-65H2,1-8H3,(H2,66,85)(H,71,91)(H,72,92)(H,73,88)(H,74,93)(H,75,97)(H,76,96)(H,77,95)(H,78,94)(H,79,98)(H,80,89)(H,81,90)(H,86,87)(H,99,100)(H4,67,68,69)/t33-,36-,38-,39-,40-,41-,42-,43-,44-,45-,46-,49-,50-/m0/s1. The Hall–Kier alpha value is -9.59. The minimum absolute atomic E-state index is 0.0270. The molecule has 37 heteroatoms. The van der Waals surface area contributed by atoms with E-state index in [0.29, 0.717) is 29.3 Å². The monoisotopic (exact) mass is 1420 g/mol. The number of unbranched alkanes of at least 4 members (excludes halogenated alkanes) is 1. The number of guanidine groups is 1. The van der Waals surface area contributed by atoms with E-state index in [2.05, 4.69) is 63.1 Å². The molecule has 37 nitrogen and oxygen atoms in total. The SMILES string of the molecule is CC[C@H](C)[C@H](NC(=O)[C@H](CCCN=C(N)N)NC(=O)[C@H](CC(C)C)NC(=O)[C@H](CO)NC(=O)[C@@H](NC(=O)[C@H](CCCCN)NC(=O)[C@H](CC(C)C)NC(=O)[C@H](Cc1c[nH]c2ccccc12)NC(=O)[C@H](CO)NC(=O)[C@H](CC(N)=O)NC(=O)[C@H](CC(=O)O)NC(=O)[C@@H](N)CO)C(C)C)C(=O)O. The van der Waals surface area contributed by atoms with Gasteiger partial charge in [-0.1, -0.05) is 80.0 Å². The minimum Gasteiger partial charge on any atom is -0.481 e. The molecule has 1 heterocycles. The van der Waals surface area contributed by atoms with Gasteiger partial charge in [0.15, 0.2) is 5.96 Å². The number of aliphatic hydroxyl groups is 3. The second-order valence-electron chi connectivity index (χ2n) is 25.5. The van der Waals surface area contributed by atoms with Crippen LogP contribution in [0.1, 0.15) is 125 Å². The summed E-state index contributed by atoms with van der Waals surface area (Å²) < 4.78 is 0. The van der Waals surface area contributed by atoms with E-state index in [1.165, 1.54) is 0 Å². The Morgan fingerprint density at radius 3 is 1.37 bits per heavy atom. The summed E-state index contributed by atoms with van der Waals surface area (Å²) >= 11 is 0. The highest BCUT2D eigenvalue weighted by Gasteiger charge is 2.39. The van der Waals surface area contributed by atoms with Gasteiger partial charge in [-0.25, -0.2) is 4.79 Å². The number of fused-ring (bicyclic) bond motifs is 1. The largest absolute Gasteiger partial charge is 0.481 e. The maximum Gasteiger partial charge on any atom is 0.326 e. The normalized spacial score (nSPS) is 15.2. The number of nitrogens with zero attached hydrogens (tertiary/aromatic N) is 1. The lowest BCUT2D eigenvalue weighted by Gasteiger charge is -2.29. The molecule has 0 radical (unpaired) electrons. The van der Waals surface area contributed by atoms with Crippen LogP contribution in [0.15, 0.2) is 35.5 Å². The molecule has 0 bridgehead atoms. The van der Waals surface area contributed by atoms with Crippen LogP contribution in [-0.4, -0.2) is 225 Å². The number of hydrogen-bond acceptors (Lipinski definition) is 20. The Labute approximate surface area is 578 Å². The average Bonchev–Trinajstić information content (AvgIpc) is 1.55. The first kappa shape index (κ1) is 86.5. The second kappa shape index (κ2) is 43.7. The third-order valence-electron chi connectivity index (χ3n) is 15.8. The number of amides is 12. The number of carbonyl (C=O) groups excluding carboxylic acids is 12. The molecule has 1 aromatic carbocycles. The lowest BCUT2D eigenvalue weighted by atomic mass is 9.98. The van der Waals surface area contributed by atoms with Crippen LogP contribution in [-0.2, 0) is 73.5 Å². The molecule has 13 atom stereocenters. The lowest BCUT2D eigenvalue weighted by molar-refractivity contribution is -0.144. The Balaban J connectivity index is 2.51. The Morgan fingerprint density at radius 2 is 0.910 bits per heavy atom. The van der Waals surface area contributed by atoms with Crippen molar-refractivity contribution in [2.24, 2.45) is 57.3 Å². The number of aliphatic carboxylic acids is 2. The zero-order valence-electron chi connectivity index (χ0n) is 57.7. The molecule has 0 aliphatic rings. The van der Waals surface area contributed by atoms with Gasteiger partial charge in [-0.15, -0.1) is 0 Å². The van der Waals surface area contributed by atoms with Crippen LogP contribution in [0.4, 0.5) is 0 Å². The van der Waals surface area contributed by atoms with Gasteiger partial charge in [-0.05, 0) is 86.8 Å². The molecule has 560 valence electrons. The summed E-state index contributed by atoms with van der Waals surface area (Å²) in [6.45, 7) is 10.5. The van der Waals surface area contributed by atoms with E-state index in [4.69, 9.17) is 28.7 Å². The molecule has 0 saturated carbocycles. The number of carbonyl (C=O) groups is 14. The third-order valence-corrected chi connectivity index (χ3v) is 15.8. The van der Waals surface area contributed by atoms with Crippen molar-refractivity contribution in [3.05, 3.63) is 36.0 Å². The van der Waals surface area contributed by atoms with Gasteiger partial charge in [-0.2, -0.15) is 0 Å². The highest BCUT2D eigenvalue weighted by atomic mass is 16.4. The van der Waals surface area contributed by atoms with Crippen LogP contribution in [0.25, 0.3) is 10.9 Å². The molecule has 0 spiro atoms. The van der Waals surface area contributed by atoms with Crippen LogP contribution in [0.2, 0.25) is 0 Å². The van der Waals surface area contributed by atoms with E-state index in [1.54, 1.807) is 85.9 Å². The van der Waals surface area contributed by atoms with Gasteiger partial charge in [0.2, 0.25) is 70.9 Å². The van der Waals surface area contributed by atoms with Gasteiger partial charge >= 0.3 is 11.9 Å². The van der Waals surface area contributed by atoms with Crippen LogP contribution in [0.5, 0.6) is 0 Å². The highest BCUT2D eigenvalue weighted by molar-refractivity contribution is 6.01. The van der Waals surface area contributed by atoms with E-state index >= 15 is 0 Å². The van der Waals surface area contributed by atoms with Crippen LogP contribution in [0, 0.1) is 23.7 Å². The smallest absolute Gasteiger partial charge is 0.326 e. The molecule has 100 heavy (non-hydrogen) atoms. The summed E-state index contributed by atoms with van der Waals surface area (Å²) in [5, 5.41) is 77.0. The number of aromatic nitrogens is 1. The van der Waals surface area contributed by atoms with E-state index in [0.717, 1.165) is 0 Å². The Bertz CT molecular complexity index is 3140. The molecule has 27 N–H and O–H groups in total. The highest BCUT2D eigenvalue weighted by Crippen LogP contribution is 2.20. The van der Waals surface area contributed by atoms with Crippen molar-refractivity contribution in [2.75, 3.05) is 32.9 Å². The molecular weight excluding hydrogens is 1310 g/mol. The zero-order valence-corrected chi connectivity index (χ0v) is 57.7. The summed E-state index contributed by atoms with van der Waals surface area (Å²) in [6, 6.07) is -12.4. The number of aliphatic imine (C=N–C) groups is 1. The number of benzene rings is 1. The first-order valence-corrected chi connectivity index (χ1v) is 33.0. The third kappa shape index (κ3) is 29.9. The second-order valence-corrected chi connectivity index (χ2v) is 25.5. The van der Waals surface area contributed by atoms with Crippen molar-refractivity contribution >= 4 is 99.7 Å². The number of H-pyrrole nitrogens is 1. The molecule has 0 saturated heterocycles. The predicted octanol–water partition coefficient (Wildman–Crippen LogP) is -6.24. The fourth-order valence-corrected chi connectivity index (χ4v) is 10.1. The van der Waals surface area contributed by atoms with E-state index in [-0.39, 0.29) is 75.8 Å². The number of primary amides is 1. The molecule has 2 aromatic rings. The maximum absolute atomic E-state index is 14.7. The number of aromatic amines is 1. The number of para-hydroxylation sites is 1. The predicted molar refractivity (Wildman–Crippen MR) is 362 cm³/mol. The average molecular weight is 1420 g/mol. The minimum atomic E-state index is -1.97. The summed E-state index contributed by atoms with van der Waals surface area (Å²) in [6.07, 6.45) is 0.101. The number of carboxylic acid groups (broad SMARTS) is 2.